The third-order valence-electron chi connectivity index (χ3n) is 5.69. The lowest BCUT2D eigenvalue weighted by atomic mass is 9.79. The molecular weight excluding hydrogens is 412 g/mol. The standard InChI is InChI=1S/C23H27ClN6O/c1-15-21(7-4-8-25-15)28-22-26-14-18-11-19(31)10-17-12-20(24)16(6-5-9-30(2)3)13-27-23(17,18)29-22/h4,7-8,12-14H,5-6,9-11H2,1-3H3,(H2,26,28,29). The van der Waals surface area contributed by atoms with E-state index >= 15 is 0 Å². The van der Waals surface area contributed by atoms with Crippen LogP contribution in [0.2, 0.25) is 0 Å². The summed E-state index contributed by atoms with van der Waals surface area (Å²) in [4.78, 5) is 28.4. The van der Waals surface area contributed by atoms with Gasteiger partial charge in [-0.15, -0.1) is 0 Å². The van der Waals surface area contributed by atoms with E-state index in [0.717, 1.165) is 47.5 Å². The number of anilines is 1. The Balaban J connectivity index is 1.65. The highest BCUT2D eigenvalue weighted by atomic mass is 35.5. The molecule has 0 aromatic carbocycles. The number of hydrogen-bond acceptors (Lipinski definition) is 7. The maximum Gasteiger partial charge on any atom is 0.202 e. The first-order valence-electron chi connectivity index (χ1n) is 10.4. The molecule has 2 aliphatic heterocycles. The maximum atomic E-state index is 12.4. The molecule has 162 valence electrons. The Kier molecular flexibility index (Phi) is 6.07. The summed E-state index contributed by atoms with van der Waals surface area (Å²) < 4.78 is 0. The second kappa shape index (κ2) is 8.77. The van der Waals surface area contributed by atoms with E-state index in [4.69, 9.17) is 16.6 Å². The van der Waals surface area contributed by atoms with Crippen molar-refractivity contribution in [3.05, 3.63) is 58.1 Å². The molecule has 1 aromatic heterocycles. The topological polar surface area (TPSA) is 82.0 Å². The molecule has 1 atom stereocenters. The lowest BCUT2D eigenvalue weighted by molar-refractivity contribution is -0.118. The van der Waals surface area contributed by atoms with E-state index in [1.165, 1.54) is 0 Å². The van der Waals surface area contributed by atoms with Gasteiger partial charge in [-0.1, -0.05) is 11.6 Å². The largest absolute Gasteiger partial charge is 0.324 e. The summed E-state index contributed by atoms with van der Waals surface area (Å²) in [7, 11) is 4.11. The highest BCUT2D eigenvalue weighted by Crippen LogP contribution is 2.41. The van der Waals surface area contributed by atoms with Crippen molar-refractivity contribution in [2.24, 2.45) is 9.98 Å². The Morgan fingerprint density at radius 1 is 1.29 bits per heavy atom. The molecule has 8 heteroatoms. The molecular formula is C23H27ClN6O. The number of nitrogens with one attached hydrogen (secondary N) is 2. The molecule has 1 aliphatic carbocycles. The molecule has 2 N–H and O–H groups in total. The zero-order chi connectivity index (χ0) is 22.0. The number of ketones is 1. The average molecular weight is 439 g/mol. The van der Waals surface area contributed by atoms with Gasteiger partial charge in [-0.3, -0.25) is 14.8 Å². The van der Waals surface area contributed by atoms with Gasteiger partial charge in [0.25, 0.3) is 0 Å². The van der Waals surface area contributed by atoms with Gasteiger partial charge in [0, 0.05) is 42.1 Å². The Hall–Kier alpha value is -2.77. The van der Waals surface area contributed by atoms with E-state index < -0.39 is 5.66 Å². The van der Waals surface area contributed by atoms with Crippen molar-refractivity contribution in [1.29, 1.82) is 0 Å². The predicted molar refractivity (Wildman–Crippen MR) is 125 cm³/mol. The molecule has 4 rings (SSSR count). The number of carbonyl (C=O) groups excluding carboxylic acids is 1. The van der Waals surface area contributed by atoms with Crippen molar-refractivity contribution in [2.75, 3.05) is 26.0 Å². The summed E-state index contributed by atoms with van der Waals surface area (Å²) in [5.74, 6) is 0.699. The van der Waals surface area contributed by atoms with E-state index in [1.807, 2.05) is 31.3 Å². The van der Waals surface area contributed by atoms with Gasteiger partial charge in [0.2, 0.25) is 5.96 Å². The fraction of sp³-hybridized carbons (Fsp3) is 0.391. The quantitative estimate of drug-likeness (QED) is 0.734. The van der Waals surface area contributed by atoms with Crippen LogP contribution in [0.4, 0.5) is 5.69 Å². The van der Waals surface area contributed by atoms with Gasteiger partial charge in [0.1, 0.15) is 5.78 Å². The number of nitrogens with zero attached hydrogens (tertiary/aromatic N) is 4. The van der Waals surface area contributed by atoms with Crippen molar-refractivity contribution in [1.82, 2.24) is 15.2 Å². The zero-order valence-corrected chi connectivity index (χ0v) is 18.8. The first-order valence-corrected chi connectivity index (χ1v) is 10.8. The van der Waals surface area contributed by atoms with Crippen LogP contribution < -0.4 is 10.6 Å². The van der Waals surface area contributed by atoms with E-state index in [9.17, 15) is 4.79 Å². The minimum Gasteiger partial charge on any atom is -0.324 e. The number of aromatic nitrogens is 1. The summed E-state index contributed by atoms with van der Waals surface area (Å²) in [5.41, 5.74) is 3.53. The lowest BCUT2D eigenvalue weighted by Crippen LogP contribution is -2.56. The van der Waals surface area contributed by atoms with Crippen LogP contribution in [0.1, 0.15) is 31.4 Å². The average Bonchev–Trinajstić information content (AvgIpc) is 2.84. The molecule has 1 spiro atoms. The molecule has 3 heterocycles. The molecule has 0 saturated heterocycles. The van der Waals surface area contributed by atoms with Crippen LogP contribution in [0, 0.1) is 6.92 Å². The van der Waals surface area contributed by atoms with Crippen molar-refractivity contribution in [3.63, 3.8) is 0 Å². The molecule has 1 fully saturated rings. The second-order valence-corrected chi connectivity index (χ2v) is 8.74. The van der Waals surface area contributed by atoms with Gasteiger partial charge in [-0.2, -0.15) is 0 Å². The van der Waals surface area contributed by atoms with E-state index in [1.54, 1.807) is 12.4 Å². The molecule has 1 aromatic rings. The second-order valence-electron chi connectivity index (χ2n) is 8.33. The Morgan fingerprint density at radius 2 is 2.10 bits per heavy atom. The van der Waals surface area contributed by atoms with E-state index in [-0.39, 0.29) is 5.78 Å². The van der Waals surface area contributed by atoms with Crippen LogP contribution >= 0.6 is 11.6 Å². The van der Waals surface area contributed by atoms with Crippen LogP contribution in [0.5, 0.6) is 0 Å². The van der Waals surface area contributed by atoms with E-state index in [0.29, 0.717) is 23.8 Å². The van der Waals surface area contributed by atoms with Crippen LogP contribution in [-0.2, 0) is 4.79 Å². The number of aliphatic imine (C=N–C) groups is 2. The number of carbonyl (C=O) groups is 1. The summed E-state index contributed by atoms with van der Waals surface area (Å²) in [6.45, 7) is 2.90. The molecule has 31 heavy (non-hydrogen) atoms. The first kappa shape index (κ1) is 21.5. The zero-order valence-electron chi connectivity index (χ0n) is 18.1. The third-order valence-corrected chi connectivity index (χ3v) is 6.04. The summed E-state index contributed by atoms with van der Waals surface area (Å²) >= 11 is 6.67. The SMILES string of the molecule is Cc1ncccc1NC1=NC=C2CC(=O)CC3=CC(Cl)=C(CCCN(C)C)C=NC23N1. The molecule has 0 amide bonds. The van der Waals surface area contributed by atoms with Gasteiger partial charge >= 0.3 is 0 Å². The summed E-state index contributed by atoms with van der Waals surface area (Å²) in [6, 6.07) is 3.82. The van der Waals surface area contributed by atoms with Crippen LogP contribution in [0.25, 0.3) is 0 Å². The van der Waals surface area contributed by atoms with E-state index in [2.05, 4.69) is 39.6 Å². The van der Waals surface area contributed by atoms with Crippen molar-refractivity contribution < 1.29 is 4.79 Å². The number of halogens is 1. The smallest absolute Gasteiger partial charge is 0.202 e. The number of rotatable bonds is 5. The van der Waals surface area contributed by atoms with Crippen LogP contribution in [0.3, 0.4) is 0 Å². The summed E-state index contributed by atoms with van der Waals surface area (Å²) in [5, 5.41) is 7.40. The summed E-state index contributed by atoms with van der Waals surface area (Å²) in [6.07, 6.45) is 9.69. The van der Waals surface area contributed by atoms with Gasteiger partial charge in [0.05, 0.1) is 11.4 Å². The monoisotopic (exact) mass is 438 g/mol. The predicted octanol–water partition coefficient (Wildman–Crippen LogP) is 3.55. The number of allylic oxidation sites excluding steroid dienone is 3. The number of guanidine groups is 1. The number of hydrogen-bond donors (Lipinski definition) is 2. The van der Waals surface area contributed by atoms with Gasteiger partial charge < -0.3 is 15.5 Å². The van der Waals surface area contributed by atoms with Crippen molar-refractivity contribution in [2.45, 2.75) is 38.3 Å². The van der Waals surface area contributed by atoms with Gasteiger partial charge in [-0.25, -0.2) is 4.99 Å². The number of Topliss-reactive ketones (excluding diaryl/α,β-unsaturated/α-hetero) is 1. The van der Waals surface area contributed by atoms with Crippen molar-refractivity contribution in [3.8, 4) is 0 Å². The number of pyridine rings is 1. The first-order chi connectivity index (χ1) is 14.9. The lowest BCUT2D eigenvalue weighted by Gasteiger charge is -2.41. The fourth-order valence-electron chi connectivity index (χ4n) is 4.01. The highest BCUT2D eigenvalue weighted by molar-refractivity contribution is 6.33. The molecule has 1 unspecified atom stereocenters. The maximum absolute atomic E-state index is 12.4. The van der Waals surface area contributed by atoms with Crippen LogP contribution in [0.15, 0.2) is 62.3 Å². The minimum absolute atomic E-state index is 0.139. The Bertz CT molecular complexity index is 1050. The van der Waals surface area contributed by atoms with Crippen molar-refractivity contribution >= 4 is 35.2 Å². The third kappa shape index (κ3) is 4.48. The number of aryl methyl sites for hydroxylation is 1. The van der Waals surface area contributed by atoms with Gasteiger partial charge in [-0.05, 0) is 69.8 Å². The fourth-order valence-corrected chi connectivity index (χ4v) is 4.28. The van der Waals surface area contributed by atoms with Gasteiger partial charge in [0.15, 0.2) is 5.66 Å². The molecule has 1 saturated carbocycles. The highest BCUT2D eigenvalue weighted by Gasteiger charge is 2.46. The molecule has 0 radical (unpaired) electrons. The minimum atomic E-state index is -0.850. The molecule has 0 bridgehead atoms. The molecule has 7 nitrogen and oxygen atoms in total. The molecule has 3 aliphatic rings. The van der Waals surface area contributed by atoms with Crippen LogP contribution in [-0.4, -0.2) is 54.1 Å². The Morgan fingerprint density at radius 3 is 2.87 bits per heavy atom. The Labute approximate surface area is 187 Å². The normalized spacial score (nSPS) is 22.7.